The molecule has 0 bridgehead atoms. The fourth-order valence-corrected chi connectivity index (χ4v) is 2.53. The smallest absolute Gasteiger partial charge is 0.255 e. The van der Waals surface area contributed by atoms with Crippen LogP contribution in [0.2, 0.25) is 0 Å². The zero-order chi connectivity index (χ0) is 15.1. The fraction of sp³-hybridized carbons (Fsp3) is 0.688. The van der Waals surface area contributed by atoms with Crippen LogP contribution in [0.3, 0.4) is 0 Å². The number of hydrogen-bond acceptors (Lipinski definition) is 2. The highest BCUT2D eigenvalue weighted by molar-refractivity contribution is 5.94. The van der Waals surface area contributed by atoms with Crippen molar-refractivity contribution in [3.05, 3.63) is 24.0 Å². The van der Waals surface area contributed by atoms with E-state index >= 15 is 0 Å². The van der Waals surface area contributed by atoms with Gasteiger partial charge in [-0.25, -0.2) is 0 Å². The van der Waals surface area contributed by atoms with Gasteiger partial charge in [0, 0.05) is 36.9 Å². The molecule has 4 nitrogen and oxygen atoms in total. The Bertz CT molecular complexity index is 497. The number of carbonyl (C=O) groups excluding carboxylic acids is 1. The van der Waals surface area contributed by atoms with Gasteiger partial charge in [-0.15, -0.1) is 0 Å². The minimum atomic E-state index is -0.659. The lowest BCUT2D eigenvalue weighted by Gasteiger charge is -2.41. The van der Waals surface area contributed by atoms with E-state index in [4.69, 9.17) is 0 Å². The quantitative estimate of drug-likeness (QED) is 0.858. The van der Waals surface area contributed by atoms with Gasteiger partial charge in [-0.1, -0.05) is 6.92 Å². The van der Waals surface area contributed by atoms with Crippen LogP contribution in [-0.4, -0.2) is 39.2 Å². The summed E-state index contributed by atoms with van der Waals surface area (Å²) in [6.45, 7) is 11.4. The maximum Gasteiger partial charge on any atom is 0.255 e. The second-order valence-electron chi connectivity index (χ2n) is 7.24. The van der Waals surface area contributed by atoms with Crippen molar-refractivity contribution in [3.8, 4) is 0 Å². The van der Waals surface area contributed by atoms with Gasteiger partial charge in [0.25, 0.3) is 5.91 Å². The first-order chi connectivity index (χ1) is 9.11. The van der Waals surface area contributed by atoms with E-state index in [0.717, 1.165) is 5.56 Å². The lowest BCUT2D eigenvalue weighted by atomic mass is 9.84. The van der Waals surface area contributed by atoms with Crippen molar-refractivity contribution < 1.29 is 9.90 Å². The summed E-state index contributed by atoms with van der Waals surface area (Å²) < 4.78 is 2.06. The molecule has 1 amide bonds. The van der Waals surface area contributed by atoms with E-state index in [1.807, 2.05) is 37.2 Å². The maximum absolute atomic E-state index is 12.5. The van der Waals surface area contributed by atoms with Crippen LogP contribution in [0.5, 0.6) is 0 Å². The van der Waals surface area contributed by atoms with Gasteiger partial charge in [0.15, 0.2) is 0 Å². The normalized spacial score (nSPS) is 27.7. The van der Waals surface area contributed by atoms with Crippen molar-refractivity contribution in [2.45, 2.75) is 52.2 Å². The monoisotopic (exact) mass is 278 g/mol. The number of hydrogen-bond donors (Lipinski definition) is 1. The van der Waals surface area contributed by atoms with Crippen LogP contribution < -0.4 is 0 Å². The topological polar surface area (TPSA) is 45.5 Å². The molecule has 0 spiro atoms. The molecule has 1 saturated heterocycles. The molecule has 0 saturated carbocycles. The fourth-order valence-electron chi connectivity index (χ4n) is 2.53. The Balaban J connectivity index is 2.11. The van der Waals surface area contributed by atoms with Crippen LogP contribution in [0.15, 0.2) is 18.5 Å². The average molecular weight is 278 g/mol. The van der Waals surface area contributed by atoms with Crippen LogP contribution >= 0.6 is 0 Å². The number of nitrogens with zero attached hydrogens (tertiary/aromatic N) is 2. The zero-order valence-electron chi connectivity index (χ0n) is 13.2. The number of aliphatic hydroxyl groups is 1. The van der Waals surface area contributed by atoms with E-state index < -0.39 is 5.60 Å². The second-order valence-corrected chi connectivity index (χ2v) is 7.24. The number of piperidine rings is 1. The molecule has 0 radical (unpaired) electrons. The summed E-state index contributed by atoms with van der Waals surface area (Å²) in [6, 6.07) is 1.88. The summed E-state index contributed by atoms with van der Waals surface area (Å²) in [4.78, 5) is 14.4. The van der Waals surface area contributed by atoms with Gasteiger partial charge in [0.05, 0.1) is 11.2 Å². The van der Waals surface area contributed by atoms with Crippen molar-refractivity contribution in [3.63, 3.8) is 0 Å². The van der Waals surface area contributed by atoms with E-state index in [2.05, 4.69) is 25.3 Å². The Morgan fingerprint density at radius 3 is 2.60 bits per heavy atom. The molecule has 1 aromatic heterocycles. The van der Waals surface area contributed by atoms with E-state index in [1.165, 1.54) is 0 Å². The summed E-state index contributed by atoms with van der Waals surface area (Å²) in [7, 11) is 0. The number of carbonyl (C=O) groups is 1. The molecule has 2 rings (SSSR count). The highest BCUT2D eigenvalue weighted by Gasteiger charge is 2.36. The standard InChI is InChI=1S/C16H26N2O2/c1-12-10-17(9-7-16(12,5)20)14(19)13-6-8-18(11-13)15(2,3)4/h6,8,11-12,20H,7,9-10H2,1-5H3/t12-,16+/m1/s1. The second kappa shape index (κ2) is 4.92. The summed E-state index contributed by atoms with van der Waals surface area (Å²) >= 11 is 0. The highest BCUT2D eigenvalue weighted by Crippen LogP contribution is 2.28. The van der Waals surface area contributed by atoms with Gasteiger partial charge in [-0.05, 0) is 40.2 Å². The van der Waals surface area contributed by atoms with Crippen molar-refractivity contribution >= 4 is 5.91 Å². The first-order valence-electron chi connectivity index (χ1n) is 7.31. The Labute approximate surface area is 121 Å². The van der Waals surface area contributed by atoms with Crippen molar-refractivity contribution in [1.82, 2.24) is 9.47 Å². The van der Waals surface area contributed by atoms with Crippen LogP contribution in [0, 0.1) is 5.92 Å². The van der Waals surface area contributed by atoms with Gasteiger partial charge >= 0.3 is 0 Å². The van der Waals surface area contributed by atoms with Gasteiger partial charge in [-0.2, -0.15) is 0 Å². The Hall–Kier alpha value is -1.29. The lowest BCUT2D eigenvalue weighted by Crippen LogP contribution is -2.50. The summed E-state index contributed by atoms with van der Waals surface area (Å²) in [6.07, 6.45) is 4.51. The van der Waals surface area contributed by atoms with Crippen LogP contribution in [0.4, 0.5) is 0 Å². The lowest BCUT2D eigenvalue weighted by molar-refractivity contribution is -0.0439. The molecule has 1 fully saturated rings. The number of aromatic nitrogens is 1. The molecular weight excluding hydrogens is 252 g/mol. The van der Waals surface area contributed by atoms with Gasteiger partial charge in [-0.3, -0.25) is 4.79 Å². The van der Waals surface area contributed by atoms with Crippen LogP contribution in [0.1, 0.15) is 51.4 Å². The minimum absolute atomic E-state index is 0.0165. The molecule has 1 aliphatic rings. The molecule has 4 heteroatoms. The third-order valence-corrected chi connectivity index (χ3v) is 4.45. The number of rotatable bonds is 1. The Morgan fingerprint density at radius 1 is 1.45 bits per heavy atom. The van der Waals surface area contributed by atoms with E-state index in [9.17, 15) is 9.90 Å². The zero-order valence-corrected chi connectivity index (χ0v) is 13.2. The molecule has 0 unspecified atom stereocenters. The van der Waals surface area contributed by atoms with Crippen molar-refractivity contribution in [2.24, 2.45) is 5.92 Å². The van der Waals surface area contributed by atoms with Gasteiger partial charge < -0.3 is 14.6 Å². The first-order valence-corrected chi connectivity index (χ1v) is 7.31. The van der Waals surface area contributed by atoms with E-state index in [-0.39, 0.29) is 17.4 Å². The van der Waals surface area contributed by atoms with Gasteiger partial charge in [0.1, 0.15) is 0 Å². The molecule has 112 valence electrons. The number of likely N-dealkylation sites (tertiary alicyclic amines) is 1. The molecule has 2 heterocycles. The third-order valence-electron chi connectivity index (χ3n) is 4.45. The average Bonchev–Trinajstić information content (AvgIpc) is 2.81. The third kappa shape index (κ3) is 2.90. The Kier molecular flexibility index (Phi) is 3.71. The van der Waals surface area contributed by atoms with Crippen LogP contribution in [-0.2, 0) is 5.54 Å². The van der Waals surface area contributed by atoms with Gasteiger partial charge in [0.2, 0.25) is 0 Å². The van der Waals surface area contributed by atoms with Crippen molar-refractivity contribution in [1.29, 1.82) is 0 Å². The molecule has 20 heavy (non-hydrogen) atoms. The largest absolute Gasteiger partial charge is 0.390 e. The minimum Gasteiger partial charge on any atom is -0.390 e. The molecule has 2 atom stereocenters. The molecule has 0 aliphatic carbocycles. The molecule has 0 aromatic carbocycles. The Morgan fingerprint density at radius 2 is 2.10 bits per heavy atom. The summed E-state index contributed by atoms with van der Waals surface area (Å²) in [5.41, 5.74) is 0.0552. The summed E-state index contributed by atoms with van der Waals surface area (Å²) in [5.74, 6) is 0.167. The summed E-state index contributed by atoms with van der Waals surface area (Å²) in [5, 5.41) is 10.2. The first kappa shape index (κ1) is 15.1. The maximum atomic E-state index is 12.5. The highest BCUT2D eigenvalue weighted by atomic mass is 16.3. The molecular formula is C16H26N2O2. The van der Waals surface area contributed by atoms with Crippen molar-refractivity contribution in [2.75, 3.05) is 13.1 Å². The SMILES string of the molecule is C[C@@H]1CN(C(=O)c2ccn(C(C)(C)C)c2)CC[C@]1(C)O. The van der Waals surface area contributed by atoms with E-state index in [0.29, 0.717) is 19.5 Å². The molecule has 1 aliphatic heterocycles. The predicted octanol–water partition coefficient (Wildman–Crippen LogP) is 2.48. The van der Waals surface area contributed by atoms with E-state index in [1.54, 1.807) is 0 Å². The molecule has 1 aromatic rings. The number of amides is 1. The van der Waals surface area contributed by atoms with Crippen LogP contribution in [0.25, 0.3) is 0 Å². The molecule has 1 N–H and O–H groups in total. The predicted molar refractivity (Wildman–Crippen MR) is 79.7 cm³/mol.